The Bertz CT molecular complexity index is 726. The molecule has 0 spiro atoms. The Morgan fingerprint density at radius 3 is 2.71 bits per heavy atom. The van der Waals surface area contributed by atoms with E-state index in [0.717, 1.165) is 12.6 Å². The van der Waals surface area contributed by atoms with E-state index in [2.05, 4.69) is 10.0 Å². The van der Waals surface area contributed by atoms with Crippen LogP contribution in [-0.2, 0) is 16.6 Å². The van der Waals surface area contributed by atoms with Gasteiger partial charge in [0.1, 0.15) is 11.6 Å². The summed E-state index contributed by atoms with van der Waals surface area (Å²) in [5.41, 5.74) is 0.819. The third-order valence-corrected chi connectivity index (χ3v) is 4.13. The lowest BCUT2D eigenvalue weighted by Gasteiger charge is -2.08. The Labute approximate surface area is 123 Å². The Balaban J connectivity index is 2.22. The van der Waals surface area contributed by atoms with Crippen LogP contribution in [0.25, 0.3) is 0 Å². The van der Waals surface area contributed by atoms with Crippen molar-refractivity contribution in [1.82, 2.24) is 5.32 Å². The molecule has 0 atom stereocenters. The molecule has 0 aliphatic rings. The highest BCUT2D eigenvalue weighted by molar-refractivity contribution is 7.92. The molecule has 0 aliphatic carbocycles. The summed E-state index contributed by atoms with van der Waals surface area (Å²) in [5.74, 6) is 0.0127. The van der Waals surface area contributed by atoms with Gasteiger partial charge in [-0.1, -0.05) is 13.0 Å². The number of hydrogen-bond donors (Lipinski definition) is 2. The van der Waals surface area contributed by atoms with Crippen LogP contribution < -0.4 is 10.0 Å². The summed E-state index contributed by atoms with van der Waals surface area (Å²) in [7, 11) is -3.87. The lowest BCUT2D eigenvalue weighted by atomic mass is 10.2. The summed E-state index contributed by atoms with van der Waals surface area (Å²) in [6.45, 7) is 4.83. The molecule has 1 heterocycles. The number of anilines is 1. The Morgan fingerprint density at radius 2 is 2.00 bits per heavy atom. The number of aryl methyl sites for hydroxylation is 1. The third-order valence-electron chi connectivity index (χ3n) is 2.90. The van der Waals surface area contributed by atoms with Crippen LogP contribution in [0.2, 0.25) is 0 Å². The topological polar surface area (TPSA) is 71.3 Å². The normalized spacial score (nSPS) is 11.6. The largest absolute Gasteiger partial charge is 0.446 e. The fourth-order valence-electron chi connectivity index (χ4n) is 1.75. The molecule has 0 bridgehead atoms. The Kier molecular flexibility index (Phi) is 4.64. The first kappa shape index (κ1) is 15.5. The number of furan rings is 1. The minimum atomic E-state index is -3.87. The van der Waals surface area contributed by atoms with E-state index in [1.165, 1.54) is 18.2 Å². The van der Waals surface area contributed by atoms with Crippen LogP contribution in [0, 0.1) is 12.7 Å². The van der Waals surface area contributed by atoms with Crippen molar-refractivity contribution in [2.45, 2.75) is 25.5 Å². The molecule has 21 heavy (non-hydrogen) atoms. The molecule has 0 amide bonds. The maximum Gasteiger partial charge on any atom is 0.295 e. The van der Waals surface area contributed by atoms with Crippen LogP contribution in [0.5, 0.6) is 0 Å². The summed E-state index contributed by atoms with van der Waals surface area (Å²) in [6.07, 6.45) is 0. The maximum atomic E-state index is 13.2. The van der Waals surface area contributed by atoms with Gasteiger partial charge in [0, 0.05) is 0 Å². The zero-order valence-electron chi connectivity index (χ0n) is 11.8. The minimum Gasteiger partial charge on any atom is -0.446 e. The van der Waals surface area contributed by atoms with Crippen molar-refractivity contribution in [2.75, 3.05) is 11.3 Å². The van der Waals surface area contributed by atoms with Crippen molar-refractivity contribution >= 4 is 15.7 Å². The SMILES string of the molecule is CCNCc1ccc(S(=O)(=O)Nc2cc(F)ccc2C)o1. The molecule has 0 unspecified atom stereocenters. The third kappa shape index (κ3) is 3.83. The highest BCUT2D eigenvalue weighted by Crippen LogP contribution is 2.22. The summed E-state index contributed by atoms with van der Waals surface area (Å²) in [6, 6.07) is 6.88. The van der Waals surface area contributed by atoms with Gasteiger partial charge in [-0.2, -0.15) is 8.42 Å². The van der Waals surface area contributed by atoms with E-state index in [-0.39, 0.29) is 10.8 Å². The average molecular weight is 312 g/mol. The van der Waals surface area contributed by atoms with Crippen LogP contribution in [0.3, 0.4) is 0 Å². The quantitative estimate of drug-likeness (QED) is 0.860. The molecule has 2 rings (SSSR count). The predicted octanol–water partition coefficient (Wildman–Crippen LogP) is 2.64. The van der Waals surface area contributed by atoms with Crippen LogP contribution in [0.15, 0.2) is 39.8 Å². The molecule has 1 aromatic heterocycles. The number of halogens is 1. The zero-order chi connectivity index (χ0) is 15.5. The van der Waals surface area contributed by atoms with Crippen LogP contribution in [-0.4, -0.2) is 15.0 Å². The summed E-state index contributed by atoms with van der Waals surface area (Å²) >= 11 is 0. The van der Waals surface area contributed by atoms with Crippen molar-refractivity contribution in [3.63, 3.8) is 0 Å². The highest BCUT2D eigenvalue weighted by atomic mass is 32.2. The van der Waals surface area contributed by atoms with E-state index in [9.17, 15) is 12.8 Å². The van der Waals surface area contributed by atoms with Crippen molar-refractivity contribution in [3.8, 4) is 0 Å². The fourth-order valence-corrected chi connectivity index (χ4v) is 2.82. The smallest absolute Gasteiger partial charge is 0.295 e. The number of benzene rings is 1. The van der Waals surface area contributed by atoms with Crippen LogP contribution in [0.4, 0.5) is 10.1 Å². The lowest BCUT2D eigenvalue weighted by Crippen LogP contribution is -2.13. The van der Waals surface area contributed by atoms with Gasteiger partial charge in [0.2, 0.25) is 5.09 Å². The van der Waals surface area contributed by atoms with E-state index >= 15 is 0 Å². The van der Waals surface area contributed by atoms with E-state index in [4.69, 9.17) is 4.42 Å². The Morgan fingerprint density at radius 1 is 1.24 bits per heavy atom. The number of sulfonamides is 1. The van der Waals surface area contributed by atoms with Gasteiger partial charge < -0.3 is 9.73 Å². The molecule has 5 nitrogen and oxygen atoms in total. The molecule has 0 saturated heterocycles. The fraction of sp³-hybridized carbons (Fsp3) is 0.286. The number of rotatable bonds is 6. The van der Waals surface area contributed by atoms with Crippen molar-refractivity contribution in [3.05, 3.63) is 47.5 Å². The first-order valence-corrected chi connectivity index (χ1v) is 7.99. The number of hydrogen-bond acceptors (Lipinski definition) is 4. The summed E-state index contributed by atoms with van der Waals surface area (Å²) in [5, 5.41) is 2.84. The van der Waals surface area contributed by atoms with Crippen LogP contribution in [0.1, 0.15) is 18.2 Å². The van der Waals surface area contributed by atoms with Crippen molar-refractivity contribution in [2.24, 2.45) is 0 Å². The molecule has 2 aromatic rings. The van der Waals surface area contributed by atoms with Crippen molar-refractivity contribution in [1.29, 1.82) is 0 Å². The van der Waals surface area contributed by atoms with Crippen molar-refractivity contribution < 1.29 is 17.2 Å². The van der Waals surface area contributed by atoms with E-state index in [0.29, 0.717) is 17.9 Å². The summed E-state index contributed by atoms with van der Waals surface area (Å²) < 4.78 is 45.2. The van der Waals surface area contributed by atoms with Gasteiger partial charge in [0.05, 0.1) is 12.2 Å². The summed E-state index contributed by atoms with van der Waals surface area (Å²) in [4.78, 5) is 0. The minimum absolute atomic E-state index is 0.194. The molecule has 1 aromatic carbocycles. The Hall–Kier alpha value is -1.86. The lowest BCUT2D eigenvalue weighted by molar-refractivity contribution is 0.405. The van der Waals surface area contributed by atoms with Gasteiger partial charge in [-0.05, 0) is 43.3 Å². The molecule has 2 N–H and O–H groups in total. The second kappa shape index (κ2) is 6.28. The second-order valence-electron chi connectivity index (χ2n) is 4.57. The van der Waals surface area contributed by atoms with Crippen LogP contribution >= 0.6 is 0 Å². The highest BCUT2D eigenvalue weighted by Gasteiger charge is 2.20. The monoisotopic (exact) mass is 312 g/mol. The molecule has 0 saturated carbocycles. The molecule has 0 radical (unpaired) electrons. The predicted molar refractivity (Wildman–Crippen MR) is 78.0 cm³/mol. The van der Waals surface area contributed by atoms with Gasteiger partial charge in [-0.25, -0.2) is 4.39 Å². The van der Waals surface area contributed by atoms with Gasteiger partial charge in [-0.3, -0.25) is 4.72 Å². The van der Waals surface area contributed by atoms with Gasteiger partial charge in [-0.15, -0.1) is 0 Å². The first-order valence-electron chi connectivity index (χ1n) is 6.51. The molecular formula is C14H17FN2O3S. The zero-order valence-corrected chi connectivity index (χ0v) is 12.6. The average Bonchev–Trinajstić information content (AvgIpc) is 2.90. The molecular weight excluding hydrogens is 295 g/mol. The van der Waals surface area contributed by atoms with E-state index in [1.807, 2.05) is 6.92 Å². The standard InChI is InChI=1S/C14H17FN2O3S/c1-3-16-9-12-6-7-14(20-12)21(18,19)17-13-8-11(15)5-4-10(13)2/h4-8,16-17H,3,9H2,1-2H3. The molecule has 0 aliphatic heterocycles. The maximum absolute atomic E-state index is 13.2. The molecule has 7 heteroatoms. The van der Waals surface area contributed by atoms with E-state index in [1.54, 1.807) is 13.0 Å². The van der Waals surface area contributed by atoms with E-state index < -0.39 is 15.8 Å². The van der Waals surface area contributed by atoms with Gasteiger partial charge in [0.25, 0.3) is 10.0 Å². The first-order chi connectivity index (χ1) is 9.92. The van der Waals surface area contributed by atoms with Gasteiger partial charge in [0.15, 0.2) is 0 Å². The van der Waals surface area contributed by atoms with Gasteiger partial charge >= 0.3 is 0 Å². The molecule has 0 fully saturated rings. The second-order valence-corrected chi connectivity index (χ2v) is 6.18. The molecule has 114 valence electrons. The number of nitrogens with one attached hydrogen (secondary N) is 2.